The minimum atomic E-state index is -0.512. The summed E-state index contributed by atoms with van der Waals surface area (Å²) >= 11 is 0. The summed E-state index contributed by atoms with van der Waals surface area (Å²) in [6.45, 7) is 0.583. The van der Waals surface area contributed by atoms with E-state index in [1.54, 1.807) is 4.90 Å². The van der Waals surface area contributed by atoms with E-state index < -0.39 is 5.82 Å². The number of nitrogens with zero attached hydrogens (tertiary/aromatic N) is 1. The molecule has 104 valence electrons. The number of carbonyl (C=O) groups excluding carboxylic acids is 1. The maximum atomic E-state index is 13.1. The van der Waals surface area contributed by atoms with Crippen molar-refractivity contribution < 1.29 is 14.3 Å². The van der Waals surface area contributed by atoms with Gasteiger partial charge in [-0.05, 0) is 43.9 Å². The van der Waals surface area contributed by atoms with Gasteiger partial charge in [-0.2, -0.15) is 0 Å². The zero-order valence-corrected chi connectivity index (χ0v) is 10.8. The van der Waals surface area contributed by atoms with Crippen molar-refractivity contribution in [3.8, 4) is 0 Å². The van der Waals surface area contributed by atoms with Crippen molar-refractivity contribution in [2.45, 2.75) is 31.7 Å². The molecule has 1 aromatic carbocycles. The Balaban J connectivity index is 2.15. The van der Waals surface area contributed by atoms with E-state index in [1.165, 1.54) is 18.2 Å². The molecule has 0 aromatic heterocycles. The van der Waals surface area contributed by atoms with Crippen LogP contribution in [0.1, 0.15) is 36.0 Å². The highest BCUT2D eigenvalue weighted by Gasteiger charge is 2.29. The lowest BCUT2D eigenvalue weighted by Crippen LogP contribution is -2.45. The summed E-state index contributed by atoms with van der Waals surface area (Å²) in [4.78, 5) is 14.2. The number of amides is 1. The number of halogens is 1. The third-order valence-corrected chi connectivity index (χ3v) is 3.58. The molecule has 19 heavy (non-hydrogen) atoms. The smallest absolute Gasteiger partial charge is 0.254 e. The van der Waals surface area contributed by atoms with Crippen LogP contribution < -0.4 is 5.73 Å². The van der Waals surface area contributed by atoms with Crippen molar-refractivity contribution in [3.63, 3.8) is 0 Å². The molecule has 1 aliphatic rings. The zero-order valence-electron chi connectivity index (χ0n) is 10.8. The normalized spacial score (nSPS) is 15.1. The maximum Gasteiger partial charge on any atom is 0.254 e. The number of carbonyl (C=O) groups is 1. The molecule has 3 N–H and O–H groups in total. The summed E-state index contributed by atoms with van der Waals surface area (Å²) < 4.78 is 13.1. The molecular weight excluding hydrogens is 247 g/mol. The fourth-order valence-electron chi connectivity index (χ4n) is 2.23. The molecule has 1 aromatic rings. The first-order valence-corrected chi connectivity index (χ1v) is 6.60. The summed E-state index contributed by atoms with van der Waals surface area (Å²) in [6, 6.07) is 4.29. The molecule has 4 nitrogen and oxygen atoms in total. The van der Waals surface area contributed by atoms with Crippen LogP contribution in [0.4, 0.5) is 10.1 Å². The van der Waals surface area contributed by atoms with Crippen LogP contribution in [0.15, 0.2) is 18.2 Å². The molecule has 0 unspecified atom stereocenters. The van der Waals surface area contributed by atoms with Crippen molar-refractivity contribution in [1.82, 2.24) is 4.90 Å². The van der Waals surface area contributed by atoms with Gasteiger partial charge in [0.2, 0.25) is 0 Å². The predicted molar refractivity (Wildman–Crippen MR) is 71.2 cm³/mol. The first kappa shape index (κ1) is 13.8. The van der Waals surface area contributed by atoms with Crippen LogP contribution in [0.25, 0.3) is 0 Å². The summed E-state index contributed by atoms with van der Waals surface area (Å²) in [5, 5.41) is 8.91. The average Bonchev–Trinajstić information content (AvgIpc) is 2.34. The summed E-state index contributed by atoms with van der Waals surface area (Å²) in [6.07, 6.45) is 3.67. The minimum Gasteiger partial charge on any atom is -0.396 e. The van der Waals surface area contributed by atoms with E-state index in [0.717, 1.165) is 19.3 Å². The average molecular weight is 266 g/mol. The van der Waals surface area contributed by atoms with Gasteiger partial charge in [-0.1, -0.05) is 0 Å². The van der Waals surface area contributed by atoms with E-state index >= 15 is 0 Å². The molecule has 0 heterocycles. The van der Waals surface area contributed by atoms with E-state index in [0.29, 0.717) is 18.5 Å². The molecule has 0 atom stereocenters. The van der Waals surface area contributed by atoms with Gasteiger partial charge >= 0.3 is 0 Å². The molecule has 1 saturated carbocycles. The number of nitrogen functional groups attached to an aromatic ring is 1. The van der Waals surface area contributed by atoms with E-state index in [4.69, 9.17) is 10.8 Å². The van der Waals surface area contributed by atoms with Gasteiger partial charge in [0.15, 0.2) is 0 Å². The number of aliphatic hydroxyl groups excluding tert-OH is 1. The number of benzene rings is 1. The highest BCUT2D eigenvalue weighted by molar-refractivity contribution is 5.95. The summed E-state index contributed by atoms with van der Waals surface area (Å²) in [5.74, 6) is -0.646. The van der Waals surface area contributed by atoms with Gasteiger partial charge in [0.1, 0.15) is 5.82 Å². The Hall–Kier alpha value is -1.62. The Labute approximate surface area is 112 Å². The van der Waals surface area contributed by atoms with Crippen LogP contribution in [0.3, 0.4) is 0 Å². The van der Waals surface area contributed by atoms with E-state index in [1.807, 2.05) is 0 Å². The van der Waals surface area contributed by atoms with Crippen molar-refractivity contribution in [1.29, 1.82) is 0 Å². The SMILES string of the molecule is Nc1cc(C(=O)N(CCCO)C2CCC2)ccc1F. The van der Waals surface area contributed by atoms with Crippen LogP contribution in [0, 0.1) is 5.82 Å². The second-order valence-electron chi connectivity index (χ2n) is 4.90. The highest BCUT2D eigenvalue weighted by atomic mass is 19.1. The molecular formula is C14H19FN2O2. The molecule has 5 heteroatoms. The summed E-state index contributed by atoms with van der Waals surface area (Å²) in [7, 11) is 0. The number of hydrogen-bond acceptors (Lipinski definition) is 3. The first-order valence-electron chi connectivity index (χ1n) is 6.60. The highest BCUT2D eigenvalue weighted by Crippen LogP contribution is 2.27. The van der Waals surface area contributed by atoms with Crippen LogP contribution in [-0.4, -0.2) is 35.1 Å². The molecule has 0 radical (unpaired) electrons. The van der Waals surface area contributed by atoms with Gasteiger partial charge in [0.25, 0.3) is 5.91 Å². The van der Waals surface area contributed by atoms with Gasteiger partial charge in [-0.25, -0.2) is 4.39 Å². The van der Waals surface area contributed by atoms with Gasteiger partial charge < -0.3 is 15.7 Å². The molecule has 1 amide bonds. The zero-order chi connectivity index (χ0) is 13.8. The Morgan fingerprint density at radius 2 is 2.21 bits per heavy atom. The number of rotatable bonds is 5. The molecule has 0 aliphatic heterocycles. The number of nitrogens with two attached hydrogens (primary N) is 1. The lowest BCUT2D eigenvalue weighted by molar-refractivity contribution is 0.0562. The quantitative estimate of drug-likeness (QED) is 0.798. The topological polar surface area (TPSA) is 66.6 Å². The van der Waals surface area contributed by atoms with Gasteiger partial charge in [0.05, 0.1) is 5.69 Å². The van der Waals surface area contributed by atoms with Crippen molar-refractivity contribution in [2.24, 2.45) is 0 Å². The Morgan fingerprint density at radius 3 is 2.74 bits per heavy atom. The van der Waals surface area contributed by atoms with Crippen LogP contribution in [0.5, 0.6) is 0 Å². The minimum absolute atomic E-state index is 0.0124. The van der Waals surface area contributed by atoms with Crippen molar-refractivity contribution >= 4 is 11.6 Å². The molecule has 1 fully saturated rings. The molecule has 0 spiro atoms. The molecule has 0 saturated heterocycles. The first-order chi connectivity index (χ1) is 9.13. The van der Waals surface area contributed by atoms with Crippen molar-refractivity contribution in [3.05, 3.63) is 29.6 Å². The van der Waals surface area contributed by atoms with Crippen LogP contribution in [0.2, 0.25) is 0 Å². The van der Waals surface area contributed by atoms with E-state index in [-0.39, 0.29) is 24.2 Å². The third-order valence-electron chi connectivity index (χ3n) is 3.58. The van der Waals surface area contributed by atoms with E-state index in [9.17, 15) is 9.18 Å². The van der Waals surface area contributed by atoms with Crippen LogP contribution >= 0.6 is 0 Å². The Kier molecular flexibility index (Phi) is 4.37. The van der Waals surface area contributed by atoms with Gasteiger partial charge in [0, 0.05) is 24.8 Å². The van der Waals surface area contributed by atoms with Crippen LogP contribution in [-0.2, 0) is 0 Å². The Morgan fingerprint density at radius 1 is 1.47 bits per heavy atom. The Bertz CT molecular complexity index is 461. The number of hydrogen-bond donors (Lipinski definition) is 2. The summed E-state index contributed by atoms with van der Waals surface area (Å²) in [5.41, 5.74) is 5.89. The standard InChI is InChI=1S/C14H19FN2O2/c15-12-6-5-10(9-13(12)16)14(19)17(7-2-8-18)11-3-1-4-11/h5-6,9,11,18H,1-4,7-8,16H2. The second-order valence-corrected chi connectivity index (χ2v) is 4.90. The van der Waals surface area contributed by atoms with Crippen molar-refractivity contribution in [2.75, 3.05) is 18.9 Å². The number of aliphatic hydroxyl groups is 1. The molecule has 0 bridgehead atoms. The second kappa shape index (κ2) is 6.02. The van der Waals surface area contributed by atoms with Gasteiger partial charge in [-0.15, -0.1) is 0 Å². The number of anilines is 1. The largest absolute Gasteiger partial charge is 0.396 e. The maximum absolute atomic E-state index is 13.1. The van der Waals surface area contributed by atoms with E-state index in [2.05, 4.69) is 0 Å². The fraction of sp³-hybridized carbons (Fsp3) is 0.500. The molecule has 1 aliphatic carbocycles. The lowest BCUT2D eigenvalue weighted by Gasteiger charge is -2.37. The molecule has 2 rings (SSSR count). The predicted octanol–water partition coefficient (Wildman–Crippen LogP) is 1.79. The third kappa shape index (κ3) is 3.04. The monoisotopic (exact) mass is 266 g/mol. The van der Waals surface area contributed by atoms with Gasteiger partial charge in [-0.3, -0.25) is 4.79 Å². The fourth-order valence-corrected chi connectivity index (χ4v) is 2.23. The lowest BCUT2D eigenvalue weighted by atomic mass is 9.90.